The number of amides is 2. The molecule has 2 aliphatic rings. The summed E-state index contributed by atoms with van der Waals surface area (Å²) in [7, 11) is 0. The predicted molar refractivity (Wildman–Crippen MR) is 117 cm³/mol. The maximum Gasteiger partial charge on any atom is 0.319 e. The number of carbonyl (C=O) groups excluding carboxylic acids is 1. The third-order valence-corrected chi connectivity index (χ3v) is 6.47. The molecule has 0 saturated carbocycles. The minimum absolute atomic E-state index is 0.257. The van der Waals surface area contributed by atoms with Crippen LogP contribution in [0.2, 0.25) is 5.02 Å². The van der Waals surface area contributed by atoms with Gasteiger partial charge in [0.15, 0.2) is 0 Å². The van der Waals surface area contributed by atoms with Crippen molar-refractivity contribution >= 4 is 39.9 Å². The van der Waals surface area contributed by atoms with Gasteiger partial charge >= 0.3 is 6.03 Å². The highest BCUT2D eigenvalue weighted by atomic mass is 35.5. The summed E-state index contributed by atoms with van der Waals surface area (Å²) >= 11 is 6.64. The highest BCUT2D eigenvalue weighted by molar-refractivity contribution is 6.33. The first-order valence-corrected chi connectivity index (χ1v) is 10.6. The predicted octanol–water partition coefficient (Wildman–Crippen LogP) is 5.06. The zero-order chi connectivity index (χ0) is 19.8. The lowest BCUT2D eigenvalue weighted by molar-refractivity contribution is 0.252. The summed E-state index contributed by atoms with van der Waals surface area (Å²) in [4.78, 5) is 14.9. The van der Waals surface area contributed by atoms with E-state index >= 15 is 0 Å². The molecule has 150 valence electrons. The molecular weight excluding hydrogens is 386 g/mol. The molecule has 2 unspecified atom stereocenters. The van der Waals surface area contributed by atoms with E-state index in [4.69, 9.17) is 11.6 Å². The number of hydrogen-bond donors (Lipinski definition) is 3. The Balaban J connectivity index is 1.24. The van der Waals surface area contributed by atoms with Gasteiger partial charge in [-0.1, -0.05) is 23.7 Å². The third kappa shape index (κ3) is 3.53. The van der Waals surface area contributed by atoms with Crippen LogP contribution in [-0.4, -0.2) is 28.3 Å². The minimum Gasteiger partial charge on any atom is -0.364 e. The Morgan fingerprint density at radius 1 is 1.17 bits per heavy atom. The highest BCUT2D eigenvalue weighted by Crippen LogP contribution is 2.42. The van der Waals surface area contributed by atoms with Crippen molar-refractivity contribution in [2.45, 2.75) is 50.7 Å². The monoisotopic (exact) mass is 409 g/mol. The van der Waals surface area contributed by atoms with Gasteiger partial charge < -0.3 is 15.5 Å². The summed E-state index contributed by atoms with van der Waals surface area (Å²) in [5.41, 5.74) is 3.73. The van der Waals surface area contributed by atoms with E-state index in [1.807, 2.05) is 24.3 Å². The summed E-state index contributed by atoms with van der Waals surface area (Å²) in [6, 6.07) is 12.8. The second-order valence-corrected chi connectivity index (χ2v) is 8.36. The number of aromatic nitrogens is 2. The van der Waals surface area contributed by atoms with E-state index in [0.717, 1.165) is 32.9 Å². The number of carbonyl (C=O) groups is 1. The Labute approximate surface area is 174 Å². The second kappa shape index (κ2) is 7.59. The molecule has 0 aliphatic carbocycles. The molecule has 2 saturated heterocycles. The van der Waals surface area contributed by atoms with Crippen molar-refractivity contribution in [3.05, 3.63) is 53.2 Å². The average Bonchev–Trinajstić information content (AvgIpc) is 3.29. The number of benzene rings is 2. The number of nitrogens with zero attached hydrogens (tertiary/aromatic N) is 2. The maximum absolute atomic E-state index is 12.4. The number of H-pyrrole nitrogens is 1. The Morgan fingerprint density at radius 2 is 2.00 bits per heavy atom. The summed E-state index contributed by atoms with van der Waals surface area (Å²) < 4.78 is 0. The number of nitrogens with one attached hydrogen (secondary N) is 3. The van der Waals surface area contributed by atoms with Crippen LogP contribution < -0.4 is 15.5 Å². The molecule has 0 spiro atoms. The lowest BCUT2D eigenvalue weighted by atomic mass is 10.0. The number of rotatable bonds is 4. The van der Waals surface area contributed by atoms with Gasteiger partial charge in [-0.15, -0.1) is 0 Å². The summed E-state index contributed by atoms with van der Waals surface area (Å²) in [5, 5.41) is 14.4. The molecule has 2 bridgehead atoms. The second-order valence-electron chi connectivity index (χ2n) is 7.95. The van der Waals surface area contributed by atoms with Crippen LogP contribution in [0.5, 0.6) is 0 Å². The molecule has 7 heteroatoms. The fourth-order valence-electron chi connectivity index (χ4n) is 4.81. The van der Waals surface area contributed by atoms with E-state index in [-0.39, 0.29) is 6.03 Å². The minimum atomic E-state index is -0.257. The van der Waals surface area contributed by atoms with Crippen molar-refractivity contribution in [3.8, 4) is 0 Å². The van der Waals surface area contributed by atoms with Gasteiger partial charge in [0.05, 0.1) is 28.1 Å². The first-order valence-electron chi connectivity index (χ1n) is 10.2. The summed E-state index contributed by atoms with van der Waals surface area (Å²) in [6.07, 6.45) is 8.10. The maximum atomic E-state index is 12.4. The van der Waals surface area contributed by atoms with Crippen LogP contribution in [0.25, 0.3) is 10.9 Å². The van der Waals surface area contributed by atoms with E-state index in [1.54, 1.807) is 6.20 Å². The molecule has 2 aromatic carbocycles. The molecule has 3 heterocycles. The SMILES string of the molecule is O=C(NCc1ccc(N2C3CCCC2CC3)c(Cl)c1)Nc1cccc2[nH]ncc12. The first kappa shape index (κ1) is 18.3. The van der Waals surface area contributed by atoms with Crippen molar-refractivity contribution in [2.75, 3.05) is 10.2 Å². The van der Waals surface area contributed by atoms with E-state index in [9.17, 15) is 4.79 Å². The molecule has 0 radical (unpaired) electrons. The van der Waals surface area contributed by atoms with E-state index in [2.05, 4.69) is 37.9 Å². The zero-order valence-electron chi connectivity index (χ0n) is 16.1. The van der Waals surface area contributed by atoms with Crippen molar-refractivity contribution < 1.29 is 4.79 Å². The molecule has 3 aromatic rings. The summed E-state index contributed by atoms with van der Waals surface area (Å²) in [6.45, 7) is 0.417. The van der Waals surface area contributed by atoms with Gasteiger partial charge in [-0.3, -0.25) is 5.10 Å². The number of fused-ring (bicyclic) bond motifs is 3. The number of halogens is 1. The molecule has 6 nitrogen and oxygen atoms in total. The fourth-order valence-corrected chi connectivity index (χ4v) is 5.11. The molecular formula is C22H24ClN5O. The molecule has 1 aromatic heterocycles. The van der Waals surface area contributed by atoms with E-state index in [1.165, 1.54) is 32.1 Å². The smallest absolute Gasteiger partial charge is 0.319 e. The van der Waals surface area contributed by atoms with Crippen LogP contribution in [0.4, 0.5) is 16.2 Å². The molecule has 2 atom stereocenters. The van der Waals surface area contributed by atoms with Gasteiger partial charge in [-0.05, 0) is 61.9 Å². The number of urea groups is 1. The largest absolute Gasteiger partial charge is 0.364 e. The topological polar surface area (TPSA) is 73.1 Å². The van der Waals surface area contributed by atoms with Crippen LogP contribution >= 0.6 is 11.6 Å². The molecule has 2 amide bonds. The Morgan fingerprint density at radius 3 is 2.79 bits per heavy atom. The van der Waals surface area contributed by atoms with Gasteiger partial charge in [0.1, 0.15) is 0 Å². The molecule has 5 rings (SSSR count). The lowest BCUT2D eigenvalue weighted by Crippen LogP contribution is -2.39. The molecule has 2 aliphatic heterocycles. The zero-order valence-corrected chi connectivity index (χ0v) is 16.9. The van der Waals surface area contributed by atoms with Crippen molar-refractivity contribution in [1.82, 2.24) is 15.5 Å². The van der Waals surface area contributed by atoms with Crippen molar-refractivity contribution in [2.24, 2.45) is 0 Å². The number of aromatic amines is 1. The Bertz CT molecular complexity index is 1030. The Kier molecular flexibility index (Phi) is 4.79. The van der Waals surface area contributed by atoms with Crippen LogP contribution in [0.15, 0.2) is 42.6 Å². The highest BCUT2D eigenvalue weighted by Gasteiger charge is 2.37. The van der Waals surface area contributed by atoms with Gasteiger partial charge in [-0.25, -0.2) is 4.79 Å². The lowest BCUT2D eigenvalue weighted by Gasteiger charge is -2.37. The fraction of sp³-hybridized carbons (Fsp3) is 0.364. The number of anilines is 2. The van der Waals surface area contributed by atoms with Crippen molar-refractivity contribution in [1.29, 1.82) is 0 Å². The normalized spacial score (nSPS) is 20.8. The molecule has 2 fully saturated rings. The van der Waals surface area contributed by atoms with Gasteiger partial charge in [-0.2, -0.15) is 5.10 Å². The average molecular weight is 410 g/mol. The number of hydrogen-bond acceptors (Lipinski definition) is 3. The van der Waals surface area contributed by atoms with E-state index < -0.39 is 0 Å². The van der Waals surface area contributed by atoms with Gasteiger partial charge in [0, 0.05) is 24.0 Å². The van der Waals surface area contributed by atoms with Crippen LogP contribution in [0, 0.1) is 0 Å². The van der Waals surface area contributed by atoms with Gasteiger partial charge in [0.2, 0.25) is 0 Å². The number of piperidine rings is 1. The molecule has 29 heavy (non-hydrogen) atoms. The Hall–Kier alpha value is -2.73. The van der Waals surface area contributed by atoms with Crippen LogP contribution in [0.3, 0.4) is 0 Å². The summed E-state index contributed by atoms with van der Waals surface area (Å²) in [5.74, 6) is 0. The quantitative estimate of drug-likeness (QED) is 0.564. The third-order valence-electron chi connectivity index (χ3n) is 6.17. The van der Waals surface area contributed by atoms with Crippen LogP contribution in [0.1, 0.15) is 37.7 Å². The first-order chi connectivity index (χ1) is 14.2. The van der Waals surface area contributed by atoms with Gasteiger partial charge in [0.25, 0.3) is 0 Å². The molecule has 3 N–H and O–H groups in total. The van der Waals surface area contributed by atoms with Crippen molar-refractivity contribution in [3.63, 3.8) is 0 Å². The van der Waals surface area contributed by atoms with E-state index in [0.29, 0.717) is 18.6 Å². The standard InChI is InChI=1S/C22H24ClN5O/c23-18-11-14(7-10-21(18)28-15-3-1-4-16(28)9-8-15)12-24-22(29)26-19-5-2-6-20-17(19)13-25-27-20/h2,5-7,10-11,13,15-16H,1,3-4,8-9,12H2,(H,25,27)(H2,24,26,29). The van der Waals surface area contributed by atoms with Crippen LogP contribution in [-0.2, 0) is 6.54 Å².